The Balaban J connectivity index is 1.81. The van der Waals surface area contributed by atoms with Crippen LogP contribution >= 0.6 is 0 Å². The number of hydrogen-bond donors (Lipinski definition) is 1. The second-order valence-corrected chi connectivity index (χ2v) is 7.68. The van der Waals surface area contributed by atoms with Gasteiger partial charge in [-0.05, 0) is 36.2 Å². The van der Waals surface area contributed by atoms with Gasteiger partial charge in [-0.25, -0.2) is 4.79 Å². The Morgan fingerprint density at radius 1 is 1.10 bits per heavy atom. The van der Waals surface area contributed by atoms with Crippen LogP contribution in [0.25, 0.3) is 21.8 Å². The number of carbonyl (C=O) groups is 1. The predicted octanol–water partition coefficient (Wildman–Crippen LogP) is 5.17. The maximum absolute atomic E-state index is 13.5. The number of hydrogen-bond acceptors (Lipinski definition) is 4. The summed E-state index contributed by atoms with van der Waals surface area (Å²) in [7, 11) is 0. The van der Waals surface area contributed by atoms with Crippen LogP contribution in [0.15, 0.2) is 42.7 Å². The van der Waals surface area contributed by atoms with E-state index in [0.717, 1.165) is 12.1 Å². The van der Waals surface area contributed by atoms with Gasteiger partial charge in [0, 0.05) is 22.9 Å². The minimum atomic E-state index is -4.49. The third-order valence-corrected chi connectivity index (χ3v) is 4.82. The summed E-state index contributed by atoms with van der Waals surface area (Å²) >= 11 is 0. The average molecular weight is 432 g/mol. The van der Waals surface area contributed by atoms with E-state index in [2.05, 4.69) is 14.9 Å². The molecule has 0 amide bonds. The van der Waals surface area contributed by atoms with Crippen LogP contribution < -0.4 is 4.74 Å². The molecular formula is C21H19F3N4O3. The van der Waals surface area contributed by atoms with Crippen molar-refractivity contribution in [3.8, 4) is 5.75 Å². The minimum absolute atomic E-state index is 0.0901. The molecule has 2 aromatic carbocycles. The number of fused-ring (bicyclic) bond motifs is 2. The number of ether oxygens (including phenoxy) is 1. The van der Waals surface area contributed by atoms with Gasteiger partial charge in [0.05, 0.1) is 35.5 Å². The third kappa shape index (κ3) is 4.18. The molecule has 2 aromatic heterocycles. The Morgan fingerprint density at radius 3 is 2.48 bits per heavy atom. The van der Waals surface area contributed by atoms with Gasteiger partial charge in [0.1, 0.15) is 5.75 Å². The van der Waals surface area contributed by atoms with Gasteiger partial charge < -0.3 is 9.84 Å². The Bertz CT molecular complexity index is 1270. The molecule has 0 spiro atoms. The van der Waals surface area contributed by atoms with Gasteiger partial charge in [-0.15, -0.1) is 0 Å². The summed E-state index contributed by atoms with van der Waals surface area (Å²) < 4.78 is 48.4. The molecule has 2 heterocycles. The fraction of sp³-hybridized carbons (Fsp3) is 0.286. The molecule has 0 saturated heterocycles. The lowest BCUT2D eigenvalue weighted by atomic mass is 10.1. The molecule has 0 bridgehead atoms. The third-order valence-electron chi connectivity index (χ3n) is 4.82. The van der Waals surface area contributed by atoms with E-state index < -0.39 is 17.9 Å². The van der Waals surface area contributed by atoms with Crippen LogP contribution in [0.5, 0.6) is 5.75 Å². The lowest BCUT2D eigenvalue weighted by molar-refractivity contribution is -0.137. The van der Waals surface area contributed by atoms with Crippen molar-refractivity contribution in [2.75, 3.05) is 0 Å². The molecule has 0 aliphatic rings. The van der Waals surface area contributed by atoms with Gasteiger partial charge in [0.15, 0.2) is 0 Å². The van der Waals surface area contributed by atoms with E-state index in [1.165, 1.54) is 24.5 Å². The largest absolute Gasteiger partial charge is 0.511 e. The number of alkyl halides is 3. The maximum Gasteiger partial charge on any atom is 0.511 e. The zero-order chi connectivity index (χ0) is 22.3. The number of halogens is 3. The highest BCUT2D eigenvalue weighted by molar-refractivity contribution is 5.84. The summed E-state index contributed by atoms with van der Waals surface area (Å²) in [4.78, 5) is 10.7. The molecule has 0 atom stereocenters. The smallest absolute Gasteiger partial charge is 0.449 e. The van der Waals surface area contributed by atoms with E-state index in [0.29, 0.717) is 33.9 Å². The Morgan fingerprint density at radius 2 is 1.81 bits per heavy atom. The SMILES string of the molecule is CC(C)Cn1ncc2cc(C(F)(F)F)cc(Cn3ncc4cc(OC(=O)O)ccc43)c21. The summed E-state index contributed by atoms with van der Waals surface area (Å²) in [5.74, 6) is 0.396. The second kappa shape index (κ2) is 7.60. The summed E-state index contributed by atoms with van der Waals surface area (Å²) in [5.41, 5.74) is 0.973. The predicted molar refractivity (Wildman–Crippen MR) is 107 cm³/mol. The molecule has 7 nitrogen and oxygen atoms in total. The molecule has 4 aromatic rings. The lowest BCUT2D eigenvalue weighted by Gasteiger charge is -2.14. The first-order chi connectivity index (χ1) is 14.6. The van der Waals surface area contributed by atoms with Crippen LogP contribution in [0, 0.1) is 5.92 Å². The second-order valence-electron chi connectivity index (χ2n) is 7.68. The van der Waals surface area contributed by atoms with Gasteiger partial charge in [-0.2, -0.15) is 23.4 Å². The Labute approximate surface area is 174 Å². The number of aromatic nitrogens is 4. The summed E-state index contributed by atoms with van der Waals surface area (Å²) in [6.07, 6.45) is -2.96. The number of carboxylic acid groups (broad SMARTS) is 1. The van der Waals surface area contributed by atoms with E-state index in [1.807, 2.05) is 13.8 Å². The van der Waals surface area contributed by atoms with Crippen molar-refractivity contribution < 1.29 is 27.8 Å². The molecule has 0 radical (unpaired) electrons. The van der Waals surface area contributed by atoms with Crippen molar-refractivity contribution in [1.82, 2.24) is 19.6 Å². The van der Waals surface area contributed by atoms with Crippen LogP contribution in [-0.2, 0) is 19.3 Å². The van der Waals surface area contributed by atoms with Crippen LogP contribution in [0.3, 0.4) is 0 Å². The van der Waals surface area contributed by atoms with Gasteiger partial charge in [-0.3, -0.25) is 9.36 Å². The highest BCUT2D eigenvalue weighted by atomic mass is 19.4. The standard InChI is InChI=1S/C21H19F3N4O3/c1-12(2)10-28-19-14(9-26-28)5-16(21(22,23)24)6-15(19)11-27-18-4-3-17(31-20(29)30)7-13(18)8-25-27/h3-9,12H,10-11H2,1-2H3,(H,29,30). The van der Waals surface area contributed by atoms with Crippen LogP contribution in [0.1, 0.15) is 25.0 Å². The summed E-state index contributed by atoms with van der Waals surface area (Å²) in [6, 6.07) is 6.85. The zero-order valence-electron chi connectivity index (χ0n) is 16.7. The molecule has 0 aliphatic carbocycles. The normalized spacial score (nSPS) is 12.2. The van der Waals surface area contributed by atoms with Crippen molar-refractivity contribution in [3.63, 3.8) is 0 Å². The highest BCUT2D eigenvalue weighted by Gasteiger charge is 2.32. The fourth-order valence-electron chi connectivity index (χ4n) is 3.61. The van der Waals surface area contributed by atoms with E-state index in [-0.39, 0.29) is 18.2 Å². The number of nitrogens with zero attached hydrogens (tertiary/aromatic N) is 4. The number of benzene rings is 2. The quantitative estimate of drug-likeness (QED) is 0.348. The number of rotatable bonds is 5. The van der Waals surface area contributed by atoms with Crippen LogP contribution in [-0.4, -0.2) is 30.8 Å². The summed E-state index contributed by atoms with van der Waals surface area (Å²) in [5, 5.41) is 18.4. The van der Waals surface area contributed by atoms with E-state index in [9.17, 15) is 18.0 Å². The van der Waals surface area contributed by atoms with Crippen molar-refractivity contribution >= 4 is 28.0 Å². The van der Waals surface area contributed by atoms with Gasteiger partial charge in [0.2, 0.25) is 0 Å². The lowest BCUT2D eigenvalue weighted by Crippen LogP contribution is -2.11. The Hall–Kier alpha value is -3.56. The molecule has 0 saturated carbocycles. The van der Waals surface area contributed by atoms with Crippen LogP contribution in [0.2, 0.25) is 0 Å². The minimum Gasteiger partial charge on any atom is -0.449 e. The monoisotopic (exact) mass is 432 g/mol. The van der Waals surface area contributed by atoms with Crippen LogP contribution in [0.4, 0.5) is 18.0 Å². The Kier molecular flexibility index (Phi) is 5.08. The fourth-order valence-corrected chi connectivity index (χ4v) is 3.61. The van der Waals surface area contributed by atoms with Crippen molar-refractivity contribution in [2.24, 2.45) is 5.92 Å². The van der Waals surface area contributed by atoms with Crippen molar-refractivity contribution in [3.05, 3.63) is 53.9 Å². The molecule has 0 aliphatic heterocycles. The zero-order valence-corrected chi connectivity index (χ0v) is 16.7. The molecule has 4 rings (SSSR count). The first kappa shape index (κ1) is 20.7. The highest BCUT2D eigenvalue weighted by Crippen LogP contribution is 2.34. The molecule has 0 fully saturated rings. The molecule has 162 valence electrons. The molecular weight excluding hydrogens is 413 g/mol. The van der Waals surface area contributed by atoms with E-state index in [1.54, 1.807) is 15.4 Å². The van der Waals surface area contributed by atoms with Gasteiger partial charge in [0.25, 0.3) is 0 Å². The molecule has 10 heteroatoms. The molecule has 31 heavy (non-hydrogen) atoms. The first-order valence-corrected chi connectivity index (χ1v) is 9.54. The molecule has 1 N–H and O–H groups in total. The van der Waals surface area contributed by atoms with Gasteiger partial charge >= 0.3 is 12.3 Å². The van der Waals surface area contributed by atoms with Crippen molar-refractivity contribution in [2.45, 2.75) is 33.1 Å². The first-order valence-electron chi connectivity index (χ1n) is 9.54. The van der Waals surface area contributed by atoms with E-state index in [4.69, 9.17) is 5.11 Å². The maximum atomic E-state index is 13.5. The van der Waals surface area contributed by atoms with Crippen molar-refractivity contribution in [1.29, 1.82) is 0 Å². The van der Waals surface area contributed by atoms with Gasteiger partial charge in [-0.1, -0.05) is 13.8 Å². The average Bonchev–Trinajstić information content (AvgIpc) is 3.24. The summed E-state index contributed by atoms with van der Waals surface area (Å²) in [6.45, 7) is 4.68. The van der Waals surface area contributed by atoms with E-state index >= 15 is 0 Å². The topological polar surface area (TPSA) is 82.2 Å². The molecule has 0 unspecified atom stereocenters.